The topological polar surface area (TPSA) is 78.6 Å². The molecule has 0 spiro atoms. The molecule has 0 N–H and O–H groups in total. The van der Waals surface area contributed by atoms with E-state index in [1.807, 2.05) is 6.92 Å². The Morgan fingerprint density at radius 2 is 1.84 bits per heavy atom. The minimum absolute atomic E-state index is 0.0128. The molecule has 8 heteroatoms. The monoisotopic (exact) mass is 434 g/mol. The predicted octanol–water partition coefficient (Wildman–Crippen LogP) is 3.11. The van der Waals surface area contributed by atoms with Crippen LogP contribution in [0.3, 0.4) is 0 Å². The van der Waals surface area contributed by atoms with Gasteiger partial charge >= 0.3 is 0 Å². The van der Waals surface area contributed by atoms with Gasteiger partial charge in [0.25, 0.3) is 5.71 Å². The largest absolute Gasteiger partial charge is 0.368 e. The zero-order chi connectivity index (χ0) is 22.2. The third-order valence-electron chi connectivity index (χ3n) is 7.00. The van der Waals surface area contributed by atoms with E-state index in [2.05, 4.69) is 61.9 Å². The van der Waals surface area contributed by atoms with E-state index >= 15 is 0 Å². The molecule has 3 aromatic rings. The number of amides is 1. The van der Waals surface area contributed by atoms with Crippen molar-refractivity contribution in [1.82, 2.24) is 20.0 Å². The molecule has 8 nitrogen and oxygen atoms in total. The summed E-state index contributed by atoms with van der Waals surface area (Å²) < 4.78 is 5.30. The number of rotatable bonds is 3. The molecule has 2 saturated heterocycles. The molecule has 1 aromatic carbocycles. The SMILES string of the molecule is Cc1cccc(N2CCN(C(=O)C3CCCN(c4ncnc5onc(C)c45)C3)CC2)c1C. The molecule has 1 amide bonds. The van der Waals surface area contributed by atoms with Gasteiger partial charge in [0.2, 0.25) is 5.91 Å². The minimum atomic E-state index is -0.0128. The zero-order valence-electron chi connectivity index (χ0n) is 19.0. The molecule has 2 fully saturated rings. The molecular formula is C24H30N6O2. The average molecular weight is 435 g/mol. The maximum atomic E-state index is 13.4. The second-order valence-corrected chi connectivity index (χ2v) is 8.96. The van der Waals surface area contributed by atoms with Crippen LogP contribution >= 0.6 is 0 Å². The van der Waals surface area contributed by atoms with E-state index in [0.717, 1.165) is 62.5 Å². The molecule has 1 atom stereocenters. The maximum absolute atomic E-state index is 13.4. The molecular weight excluding hydrogens is 404 g/mol. The molecule has 2 aliphatic heterocycles. The highest BCUT2D eigenvalue weighted by Gasteiger charge is 2.32. The Morgan fingerprint density at radius 3 is 2.66 bits per heavy atom. The standard InChI is InChI=1S/C24H30N6O2/c1-16-6-4-8-20(17(16)2)28-10-12-29(13-11-28)24(31)19-7-5-9-30(14-19)22-21-18(3)27-32-23(21)26-15-25-22/h4,6,8,15,19H,5,7,9-14H2,1-3H3. The number of carbonyl (C=O) groups is 1. The summed E-state index contributed by atoms with van der Waals surface area (Å²) in [4.78, 5) is 28.7. The molecule has 0 aliphatic carbocycles. The first-order valence-electron chi connectivity index (χ1n) is 11.4. The molecule has 0 bridgehead atoms. The van der Waals surface area contributed by atoms with Crippen molar-refractivity contribution >= 4 is 28.5 Å². The fourth-order valence-electron chi connectivity index (χ4n) is 5.02. The first-order valence-corrected chi connectivity index (χ1v) is 11.4. The number of piperazine rings is 1. The van der Waals surface area contributed by atoms with Crippen molar-refractivity contribution in [3.05, 3.63) is 41.3 Å². The third kappa shape index (κ3) is 3.67. The fourth-order valence-corrected chi connectivity index (χ4v) is 5.02. The molecule has 32 heavy (non-hydrogen) atoms. The number of piperidine rings is 1. The first-order chi connectivity index (χ1) is 15.5. The van der Waals surface area contributed by atoms with E-state index < -0.39 is 0 Å². The van der Waals surface area contributed by atoms with Gasteiger partial charge in [-0.05, 0) is 50.8 Å². The molecule has 4 heterocycles. The van der Waals surface area contributed by atoms with E-state index in [0.29, 0.717) is 12.3 Å². The number of hydrogen-bond donors (Lipinski definition) is 0. The van der Waals surface area contributed by atoms with E-state index in [9.17, 15) is 4.79 Å². The van der Waals surface area contributed by atoms with Gasteiger partial charge in [-0.25, -0.2) is 4.98 Å². The van der Waals surface area contributed by atoms with Gasteiger partial charge in [0.15, 0.2) is 0 Å². The second kappa shape index (κ2) is 8.41. The molecule has 1 unspecified atom stereocenters. The molecule has 2 aromatic heterocycles. The van der Waals surface area contributed by atoms with Gasteiger partial charge in [-0.2, -0.15) is 4.98 Å². The minimum Gasteiger partial charge on any atom is -0.368 e. The number of aromatic nitrogens is 3. The zero-order valence-corrected chi connectivity index (χ0v) is 19.0. The summed E-state index contributed by atoms with van der Waals surface area (Å²) >= 11 is 0. The van der Waals surface area contributed by atoms with Crippen LogP contribution in [0.15, 0.2) is 29.0 Å². The number of carbonyl (C=O) groups excluding carboxylic acids is 1. The highest BCUT2D eigenvalue weighted by molar-refractivity contribution is 5.88. The molecule has 2 aliphatic rings. The van der Waals surface area contributed by atoms with Gasteiger partial charge in [0.05, 0.1) is 11.6 Å². The Kier molecular flexibility index (Phi) is 5.45. The summed E-state index contributed by atoms with van der Waals surface area (Å²) in [5.41, 5.74) is 5.22. The third-order valence-corrected chi connectivity index (χ3v) is 7.00. The van der Waals surface area contributed by atoms with Gasteiger partial charge in [-0.3, -0.25) is 4.79 Å². The van der Waals surface area contributed by atoms with E-state index in [-0.39, 0.29) is 11.8 Å². The molecule has 168 valence electrons. The van der Waals surface area contributed by atoms with E-state index in [1.165, 1.54) is 23.1 Å². The van der Waals surface area contributed by atoms with Gasteiger partial charge in [0, 0.05) is 45.0 Å². The van der Waals surface area contributed by atoms with E-state index in [4.69, 9.17) is 4.52 Å². The Hall–Kier alpha value is -3.16. The molecule has 0 radical (unpaired) electrons. The van der Waals surface area contributed by atoms with Crippen LogP contribution in [-0.4, -0.2) is 65.2 Å². The number of anilines is 2. The van der Waals surface area contributed by atoms with Crippen LogP contribution in [0.2, 0.25) is 0 Å². The van der Waals surface area contributed by atoms with Crippen LogP contribution in [0.5, 0.6) is 0 Å². The average Bonchev–Trinajstić information content (AvgIpc) is 3.22. The van der Waals surface area contributed by atoms with Gasteiger partial charge in [-0.1, -0.05) is 17.3 Å². The maximum Gasteiger partial charge on any atom is 0.263 e. The fraction of sp³-hybridized carbons (Fsp3) is 0.500. The lowest BCUT2D eigenvalue weighted by atomic mass is 9.96. The van der Waals surface area contributed by atoms with Crippen molar-refractivity contribution in [3.63, 3.8) is 0 Å². The Labute approximate surface area is 188 Å². The number of fused-ring (bicyclic) bond motifs is 1. The Balaban J connectivity index is 1.26. The first kappa shape index (κ1) is 20.7. The van der Waals surface area contributed by atoms with Crippen LogP contribution in [0, 0.1) is 26.7 Å². The lowest BCUT2D eigenvalue weighted by Gasteiger charge is -2.40. The van der Waals surface area contributed by atoms with Crippen molar-refractivity contribution in [1.29, 1.82) is 0 Å². The van der Waals surface area contributed by atoms with Gasteiger partial charge in [0.1, 0.15) is 17.5 Å². The summed E-state index contributed by atoms with van der Waals surface area (Å²) in [5, 5.41) is 4.89. The number of hydrogen-bond acceptors (Lipinski definition) is 7. The quantitative estimate of drug-likeness (QED) is 0.627. The van der Waals surface area contributed by atoms with Crippen LogP contribution in [0.1, 0.15) is 29.7 Å². The lowest BCUT2D eigenvalue weighted by molar-refractivity contribution is -0.136. The van der Waals surface area contributed by atoms with Crippen molar-refractivity contribution in [2.24, 2.45) is 5.92 Å². The normalized spacial score (nSPS) is 19.6. The number of benzene rings is 1. The van der Waals surface area contributed by atoms with Crippen LogP contribution in [0.25, 0.3) is 11.1 Å². The smallest absolute Gasteiger partial charge is 0.263 e. The Bertz CT molecular complexity index is 1130. The highest BCUT2D eigenvalue weighted by Crippen LogP contribution is 2.30. The summed E-state index contributed by atoms with van der Waals surface area (Å²) in [6.07, 6.45) is 3.40. The summed E-state index contributed by atoms with van der Waals surface area (Å²) in [6.45, 7) is 11.1. The number of aryl methyl sites for hydroxylation is 2. The molecule has 0 saturated carbocycles. The van der Waals surface area contributed by atoms with Crippen molar-refractivity contribution < 1.29 is 9.32 Å². The molecule has 5 rings (SSSR count). The second-order valence-electron chi connectivity index (χ2n) is 8.96. The van der Waals surface area contributed by atoms with Crippen molar-refractivity contribution in [2.75, 3.05) is 49.1 Å². The Morgan fingerprint density at radius 1 is 1.03 bits per heavy atom. The van der Waals surface area contributed by atoms with Gasteiger partial charge in [-0.15, -0.1) is 0 Å². The summed E-state index contributed by atoms with van der Waals surface area (Å²) in [6, 6.07) is 6.46. The van der Waals surface area contributed by atoms with Crippen LogP contribution in [-0.2, 0) is 4.79 Å². The number of nitrogens with zero attached hydrogens (tertiary/aromatic N) is 6. The summed E-state index contributed by atoms with van der Waals surface area (Å²) in [5.74, 6) is 1.08. The van der Waals surface area contributed by atoms with Crippen LogP contribution in [0.4, 0.5) is 11.5 Å². The summed E-state index contributed by atoms with van der Waals surface area (Å²) in [7, 11) is 0. The van der Waals surface area contributed by atoms with E-state index in [1.54, 1.807) is 0 Å². The van der Waals surface area contributed by atoms with Crippen LogP contribution < -0.4 is 9.80 Å². The predicted molar refractivity (Wildman–Crippen MR) is 124 cm³/mol. The van der Waals surface area contributed by atoms with Gasteiger partial charge < -0.3 is 19.2 Å². The van der Waals surface area contributed by atoms with Crippen molar-refractivity contribution in [3.8, 4) is 0 Å². The highest BCUT2D eigenvalue weighted by atomic mass is 16.5. The lowest BCUT2D eigenvalue weighted by Crippen LogP contribution is -2.52. The van der Waals surface area contributed by atoms with Crippen molar-refractivity contribution in [2.45, 2.75) is 33.6 Å².